The van der Waals surface area contributed by atoms with Crippen LogP contribution in [-0.2, 0) is 0 Å². The van der Waals surface area contributed by atoms with Gasteiger partial charge in [0.1, 0.15) is 11.7 Å². The first-order valence-electron chi connectivity index (χ1n) is 8.95. The third-order valence-electron chi connectivity index (χ3n) is 4.36. The lowest BCUT2D eigenvalue weighted by atomic mass is 9.96. The van der Waals surface area contributed by atoms with Gasteiger partial charge in [-0.2, -0.15) is 9.97 Å². The molecule has 2 heterocycles. The van der Waals surface area contributed by atoms with Crippen LogP contribution in [0.15, 0.2) is 29.9 Å². The van der Waals surface area contributed by atoms with Gasteiger partial charge in [-0.25, -0.2) is 13.8 Å². The summed E-state index contributed by atoms with van der Waals surface area (Å²) < 4.78 is 26.6. The molecule has 1 saturated carbocycles. The molecule has 0 bridgehead atoms. The second kappa shape index (κ2) is 8.25. The molecule has 2 aromatic heterocycles. The average molecular weight is 362 g/mol. The van der Waals surface area contributed by atoms with Crippen LogP contribution in [0, 0.1) is 0 Å². The minimum absolute atomic E-state index is 0.203. The van der Waals surface area contributed by atoms with Crippen LogP contribution >= 0.6 is 0 Å². The molecule has 0 amide bonds. The molecule has 1 unspecified atom stereocenters. The maximum atomic E-state index is 13.7. The van der Waals surface area contributed by atoms with Crippen molar-refractivity contribution in [3.63, 3.8) is 0 Å². The van der Waals surface area contributed by atoms with Crippen molar-refractivity contribution in [3.8, 4) is 0 Å². The summed E-state index contributed by atoms with van der Waals surface area (Å²) in [6.45, 7) is 2.67. The minimum Gasteiger partial charge on any atom is -0.351 e. The van der Waals surface area contributed by atoms with Crippen LogP contribution in [0.25, 0.3) is 11.2 Å². The van der Waals surface area contributed by atoms with Gasteiger partial charge in [0.15, 0.2) is 5.65 Å². The number of H-pyrrole nitrogens is 1. The molecule has 1 aliphatic carbocycles. The van der Waals surface area contributed by atoms with Crippen LogP contribution in [0.5, 0.6) is 0 Å². The topological polar surface area (TPSA) is 78.5 Å². The van der Waals surface area contributed by atoms with E-state index in [9.17, 15) is 8.78 Å². The summed E-state index contributed by atoms with van der Waals surface area (Å²) >= 11 is 0. The van der Waals surface area contributed by atoms with Crippen molar-refractivity contribution in [1.82, 2.24) is 19.9 Å². The Hall–Kier alpha value is -2.51. The van der Waals surface area contributed by atoms with Gasteiger partial charge < -0.3 is 15.6 Å². The first kappa shape index (κ1) is 18.3. The molecule has 1 aliphatic rings. The fourth-order valence-corrected chi connectivity index (χ4v) is 2.98. The van der Waals surface area contributed by atoms with Gasteiger partial charge in [-0.05, 0) is 38.8 Å². The molecule has 1 atom stereocenters. The molecule has 0 saturated heterocycles. The van der Waals surface area contributed by atoms with Crippen LogP contribution in [0.2, 0.25) is 0 Å². The molecule has 140 valence electrons. The predicted octanol–water partition coefficient (Wildman–Crippen LogP) is 4.62. The van der Waals surface area contributed by atoms with Crippen molar-refractivity contribution in [1.29, 1.82) is 0 Å². The van der Waals surface area contributed by atoms with E-state index in [1.165, 1.54) is 45.3 Å². The summed E-state index contributed by atoms with van der Waals surface area (Å²) in [5.41, 5.74) is 1.34. The largest absolute Gasteiger partial charge is 0.351 e. The van der Waals surface area contributed by atoms with E-state index < -0.39 is 12.0 Å². The lowest BCUT2D eigenvalue weighted by Crippen LogP contribution is -2.23. The molecule has 26 heavy (non-hydrogen) atoms. The fraction of sp³-hybridized carbons (Fsp3) is 0.500. The smallest absolute Gasteiger partial charge is 0.225 e. The summed E-state index contributed by atoms with van der Waals surface area (Å²) in [4.78, 5) is 16.1. The number of aromatic amines is 1. The normalized spacial score (nSPS) is 18.2. The van der Waals surface area contributed by atoms with Gasteiger partial charge in [-0.3, -0.25) is 0 Å². The molecule has 6 nitrogen and oxygen atoms in total. The van der Waals surface area contributed by atoms with Gasteiger partial charge in [0.05, 0.1) is 17.7 Å². The Kier molecular flexibility index (Phi) is 5.80. The Morgan fingerprint density at radius 2 is 2.04 bits per heavy atom. The number of rotatable bonds is 6. The third kappa shape index (κ3) is 4.77. The highest BCUT2D eigenvalue weighted by Gasteiger charge is 2.15. The van der Waals surface area contributed by atoms with E-state index in [2.05, 4.69) is 30.6 Å². The minimum atomic E-state index is -1.30. The highest BCUT2D eigenvalue weighted by atomic mass is 19.1. The van der Waals surface area contributed by atoms with Crippen LogP contribution in [0.4, 0.5) is 20.7 Å². The molecule has 0 spiro atoms. The zero-order valence-corrected chi connectivity index (χ0v) is 15.0. The maximum Gasteiger partial charge on any atom is 0.225 e. The van der Waals surface area contributed by atoms with E-state index in [0.717, 1.165) is 12.8 Å². The lowest BCUT2D eigenvalue weighted by Gasteiger charge is -2.22. The van der Waals surface area contributed by atoms with Gasteiger partial charge >= 0.3 is 0 Å². The molecule has 0 aromatic carbocycles. The van der Waals surface area contributed by atoms with Crippen LogP contribution in [0.3, 0.4) is 0 Å². The van der Waals surface area contributed by atoms with Crippen molar-refractivity contribution < 1.29 is 8.78 Å². The van der Waals surface area contributed by atoms with E-state index in [4.69, 9.17) is 0 Å². The van der Waals surface area contributed by atoms with Gasteiger partial charge in [0.2, 0.25) is 11.9 Å². The van der Waals surface area contributed by atoms with E-state index in [1.807, 2.05) is 0 Å². The fourth-order valence-electron chi connectivity index (χ4n) is 2.98. The summed E-state index contributed by atoms with van der Waals surface area (Å²) in [5.74, 6) is 0.483. The highest BCUT2D eigenvalue weighted by molar-refractivity contribution is 5.74. The second-order valence-corrected chi connectivity index (χ2v) is 6.61. The molecule has 8 heteroatoms. The molecule has 2 aromatic rings. The zero-order valence-electron chi connectivity index (χ0n) is 15.0. The first-order valence-corrected chi connectivity index (χ1v) is 8.95. The first-order chi connectivity index (χ1) is 12.5. The number of nitrogens with zero attached hydrogens (tertiary/aromatic N) is 3. The number of alkyl halides is 1. The molecule has 0 aliphatic heterocycles. The van der Waals surface area contributed by atoms with E-state index >= 15 is 0 Å². The Bertz CT molecular complexity index is 801. The summed E-state index contributed by atoms with van der Waals surface area (Å²) in [5, 5.41) is 6.20. The van der Waals surface area contributed by atoms with Crippen molar-refractivity contribution in [2.45, 2.75) is 58.2 Å². The van der Waals surface area contributed by atoms with Crippen LogP contribution in [-0.4, -0.2) is 32.1 Å². The van der Waals surface area contributed by atoms with Crippen molar-refractivity contribution in [2.75, 3.05) is 10.6 Å². The number of nitrogens with one attached hydrogen (secondary N) is 3. The van der Waals surface area contributed by atoms with Gasteiger partial charge in [0, 0.05) is 6.04 Å². The van der Waals surface area contributed by atoms with Crippen molar-refractivity contribution in [3.05, 3.63) is 29.9 Å². The SMILES string of the molecule is C/C(F)=C\C=C(\Nc1nc2nc(NC3CCCCC3)ncc2[nH]1)C(C)F. The molecule has 3 N–H and O–H groups in total. The average Bonchev–Trinajstić information content (AvgIpc) is 3.01. The summed E-state index contributed by atoms with van der Waals surface area (Å²) in [6.07, 6.45) is 8.89. The van der Waals surface area contributed by atoms with Crippen LogP contribution in [0.1, 0.15) is 46.0 Å². The zero-order chi connectivity index (χ0) is 18.5. The highest BCUT2D eigenvalue weighted by Crippen LogP contribution is 2.21. The van der Waals surface area contributed by atoms with Gasteiger partial charge in [0.25, 0.3) is 0 Å². The van der Waals surface area contributed by atoms with E-state index in [1.54, 1.807) is 6.20 Å². The van der Waals surface area contributed by atoms with Crippen LogP contribution < -0.4 is 10.6 Å². The standard InChI is InChI=1S/C18H24F2N6/c1-11(19)8-9-14(12(2)20)23-18-24-15-10-21-17(25-16(15)26-18)22-13-6-4-3-5-7-13/h8-10,12-13H,3-7H2,1-2H3,(H3,21,22,23,24,25,26)/b11-8+,14-9+. The second-order valence-electron chi connectivity index (χ2n) is 6.61. The molecule has 0 radical (unpaired) electrons. The molecule has 1 fully saturated rings. The van der Waals surface area contributed by atoms with E-state index in [-0.39, 0.29) is 5.70 Å². The number of imidazole rings is 1. The number of hydrogen-bond acceptors (Lipinski definition) is 5. The molecular formula is C18H24F2N6. The number of fused-ring (bicyclic) bond motifs is 1. The molecular weight excluding hydrogens is 338 g/mol. The maximum absolute atomic E-state index is 13.7. The Labute approximate surface area is 151 Å². The summed E-state index contributed by atoms with van der Waals surface area (Å²) in [6, 6.07) is 0.399. The Balaban J connectivity index is 1.75. The number of anilines is 2. The lowest BCUT2D eigenvalue weighted by molar-refractivity contribution is 0.413. The Morgan fingerprint density at radius 3 is 2.73 bits per heavy atom. The Morgan fingerprint density at radius 1 is 1.27 bits per heavy atom. The third-order valence-corrected chi connectivity index (χ3v) is 4.36. The number of hydrogen-bond donors (Lipinski definition) is 3. The van der Waals surface area contributed by atoms with Crippen molar-refractivity contribution in [2.24, 2.45) is 0 Å². The number of allylic oxidation sites excluding steroid dienone is 4. The molecule has 3 rings (SSSR count). The van der Waals surface area contributed by atoms with E-state index in [0.29, 0.717) is 29.1 Å². The van der Waals surface area contributed by atoms with Gasteiger partial charge in [-0.1, -0.05) is 19.3 Å². The number of aromatic nitrogens is 4. The number of halogens is 2. The van der Waals surface area contributed by atoms with Gasteiger partial charge in [-0.15, -0.1) is 0 Å². The van der Waals surface area contributed by atoms with Crippen molar-refractivity contribution >= 4 is 23.1 Å². The summed E-state index contributed by atoms with van der Waals surface area (Å²) in [7, 11) is 0. The predicted molar refractivity (Wildman–Crippen MR) is 99.3 cm³/mol. The monoisotopic (exact) mass is 362 g/mol. The quantitative estimate of drug-likeness (QED) is 0.653.